The van der Waals surface area contributed by atoms with Crippen molar-refractivity contribution in [2.45, 2.75) is 0 Å². The van der Waals surface area contributed by atoms with Gasteiger partial charge in [-0.1, -0.05) is 0 Å². The van der Waals surface area contributed by atoms with Gasteiger partial charge in [-0.05, 0) is 23.0 Å². The number of nitro groups is 1. The first-order chi connectivity index (χ1) is 8.15. The van der Waals surface area contributed by atoms with Crippen LogP contribution in [0.15, 0.2) is 18.3 Å². The van der Waals surface area contributed by atoms with Gasteiger partial charge in [-0.15, -0.1) is 0 Å². The summed E-state index contributed by atoms with van der Waals surface area (Å²) < 4.78 is 0. The molecular formula is C10H15N5O2. The number of likely N-dealkylation sites (N-methyl/N-ethyl adjacent to an activating group) is 1. The van der Waals surface area contributed by atoms with Crippen molar-refractivity contribution in [3.63, 3.8) is 0 Å². The highest BCUT2D eigenvalue weighted by molar-refractivity contribution is 5.42. The molecule has 7 heteroatoms. The smallest absolute Gasteiger partial charge is 0.358 e. The van der Waals surface area contributed by atoms with Crippen molar-refractivity contribution >= 4 is 11.5 Å². The fourth-order valence-corrected chi connectivity index (χ4v) is 1.66. The summed E-state index contributed by atoms with van der Waals surface area (Å²) >= 11 is 0. The van der Waals surface area contributed by atoms with Crippen LogP contribution >= 0.6 is 0 Å². The van der Waals surface area contributed by atoms with Gasteiger partial charge in [0.2, 0.25) is 0 Å². The van der Waals surface area contributed by atoms with Crippen LogP contribution in [-0.4, -0.2) is 53.0 Å². The molecule has 1 fully saturated rings. The lowest BCUT2D eigenvalue weighted by molar-refractivity contribution is -0.389. The second-order valence-electron chi connectivity index (χ2n) is 4.06. The molecule has 0 radical (unpaired) electrons. The second-order valence-corrected chi connectivity index (χ2v) is 4.06. The predicted molar refractivity (Wildman–Crippen MR) is 63.6 cm³/mol. The minimum Gasteiger partial charge on any atom is -0.358 e. The van der Waals surface area contributed by atoms with E-state index in [1.807, 2.05) is 0 Å². The van der Waals surface area contributed by atoms with Gasteiger partial charge in [0.25, 0.3) is 0 Å². The zero-order valence-corrected chi connectivity index (χ0v) is 9.67. The molecule has 0 bridgehead atoms. The molecule has 0 saturated carbocycles. The highest BCUT2D eigenvalue weighted by Gasteiger charge is 2.14. The van der Waals surface area contributed by atoms with E-state index in [0.29, 0.717) is 0 Å². The van der Waals surface area contributed by atoms with Crippen molar-refractivity contribution in [2.75, 3.05) is 38.7 Å². The Kier molecular flexibility index (Phi) is 3.50. The number of aromatic nitrogens is 1. The number of hydrogen-bond donors (Lipinski definition) is 1. The van der Waals surface area contributed by atoms with Crippen LogP contribution in [-0.2, 0) is 0 Å². The van der Waals surface area contributed by atoms with Crippen LogP contribution in [0.4, 0.5) is 11.5 Å². The summed E-state index contributed by atoms with van der Waals surface area (Å²) in [5.74, 6) is -0.131. The van der Waals surface area contributed by atoms with E-state index in [1.165, 1.54) is 12.3 Å². The number of anilines is 1. The van der Waals surface area contributed by atoms with E-state index in [-0.39, 0.29) is 5.82 Å². The maximum Gasteiger partial charge on any atom is 0.363 e. The van der Waals surface area contributed by atoms with E-state index in [4.69, 9.17) is 0 Å². The lowest BCUT2D eigenvalue weighted by Gasteiger charge is -2.32. The third-order valence-corrected chi connectivity index (χ3v) is 2.73. The van der Waals surface area contributed by atoms with Crippen LogP contribution in [0.25, 0.3) is 0 Å². The van der Waals surface area contributed by atoms with Crippen LogP contribution in [0.5, 0.6) is 0 Å². The molecule has 1 aromatic rings. The molecular weight excluding hydrogens is 222 g/mol. The summed E-state index contributed by atoms with van der Waals surface area (Å²) in [6, 6.07) is 3.07. The summed E-state index contributed by atoms with van der Waals surface area (Å²) in [6.45, 7) is 3.86. The summed E-state index contributed by atoms with van der Waals surface area (Å²) in [4.78, 5) is 16.0. The van der Waals surface area contributed by atoms with Crippen molar-refractivity contribution in [1.29, 1.82) is 0 Å². The molecule has 1 aliphatic rings. The number of nitrogens with one attached hydrogen (secondary N) is 1. The van der Waals surface area contributed by atoms with Gasteiger partial charge in [0.15, 0.2) is 6.20 Å². The first kappa shape index (κ1) is 11.7. The topological polar surface area (TPSA) is 74.5 Å². The van der Waals surface area contributed by atoms with Gasteiger partial charge in [-0.2, -0.15) is 0 Å². The van der Waals surface area contributed by atoms with Gasteiger partial charge < -0.3 is 20.4 Å². The maximum absolute atomic E-state index is 10.4. The molecule has 1 N–H and O–H groups in total. The molecule has 0 atom stereocenters. The monoisotopic (exact) mass is 237 g/mol. The minimum atomic E-state index is -0.500. The average Bonchev–Trinajstić information content (AvgIpc) is 2.33. The Morgan fingerprint density at radius 1 is 1.35 bits per heavy atom. The molecule has 1 saturated heterocycles. The van der Waals surface area contributed by atoms with Crippen molar-refractivity contribution in [3.8, 4) is 0 Å². The summed E-state index contributed by atoms with van der Waals surface area (Å²) in [5.41, 5.74) is 3.97. The number of hydrazine groups is 1. The molecule has 0 aliphatic carbocycles. The third kappa shape index (κ3) is 3.11. The fourth-order valence-electron chi connectivity index (χ4n) is 1.66. The molecule has 7 nitrogen and oxygen atoms in total. The maximum atomic E-state index is 10.4. The molecule has 92 valence electrons. The van der Waals surface area contributed by atoms with Crippen LogP contribution in [0, 0.1) is 10.1 Å². The summed E-state index contributed by atoms with van der Waals surface area (Å²) in [7, 11) is 2.09. The minimum absolute atomic E-state index is 0.131. The van der Waals surface area contributed by atoms with E-state index in [9.17, 15) is 10.1 Å². The quantitative estimate of drug-likeness (QED) is 0.611. The van der Waals surface area contributed by atoms with Crippen LogP contribution < -0.4 is 5.43 Å². The standard InChI is InChI=1S/C10H15N5O2/c1-13-4-6-14(7-5-13)12-9-2-3-10(11-8-9)15(16)17/h2-3,8,12H,4-7H2,1H3. The first-order valence-corrected chi connectivity index (χ1v) is 5.46. The van der Waals surface area contributed by atoms with E-state index in [0.717, 1.165) is 31.9 Å². The lowest BCUT2D eigenvalue weighted by atomic mass is 10.4. The number of rotatable bonds is 3. The zero-order valence-electron chi connectivity index (χ0n) is 9.67. The number of pyridine rings is 1. The summed E-state index contributed by atoms with van der Waals surface area (Å²) in [5, 5.41) is 12.5. The second kappa shape index (κ2) is 5.07. The highest BCUT2D eigenvalue weighted by Crippen LogP contribution is 2.12. The zero-order chi connectivity index (χ0) is 12.3. The van der Waals surface area contributed by atoms with Gasteiger partial charge in [0.1, 0.15) is 0 Å². The Morgan fingerprint density at radius 2 is 2.06 bits per heavy atom. The SMILES string of the molecule is CN1CCN(Nc2ccc([N+](=O)[O-])nc2)CC1. The molecule has 0 unspecified atom stereocenters. The predicted octanol–water partition coefficient (Wildman–Crippen LogP) is 0.564. The van der Waals surface area contributed by atoms with E-state index >= 15 is 0 Å². The van der Waals surface area contributed by atoms with Gasteiger partial charge >= 0.3 is 5.82 Å². The highest BCUT2D eigenvalue weighted by atomic mass is 16.6. The van der Waals surface area contributed by atoms with Gasteiger partial charge in [0.05, 0.1) is 5.69 Å². The number of nitrogens with zero attached hydrogens (tertiary/aromatic N) is 4. The number of piperazine rings is 1. The molecule has 1 aromatic heterocycles. The van der Waals surface area contributed by atoms with Crippen LogP contribution in [0.3, 0.4) is 0 Å². The van der Waals surface area contributed by atoms with Crippen LogP contribution in [0.2, 0.25) is 0 Å². The van der Waals surface area contributed by atoms with E-state index < -0.39 is 4.92 Å². The van der Waals surface area contributed by atoms with Gasteiger partial charge in [-0.25, -0.2) is 5.01 Å². The van der Waals surface area contributed by atoms with Crippen molar-refractivity contribution in [2.24, 2.45) is 0 Å². The lowest BCUT2D eigenvalue weighted by Crippen LogP contribution is -2.46. The van der Waals surface area contributed by atoms with E-state index in [1.54, 1.807) is 6.07 Å². The largest absolute Gasteiger partial charge is 0.363 e. The molecule has 0 aromatic carbocycles. The molecule has 17 heavy (non-hydrogen) atoms. The molecule has 2 heterocycles. The van der Waals surface area contributed by atoms with Gasteiger partial charge in [-0.3, -0.25) is 0 Å². The average molecular weight is 237 g/mol. The third-order valence-electron chi connectivity index (χ3n) is 2.73. The molecule has 0 spiro atoms. The Labute approximate surface area is 99.2 Å². The van der Waals surface area contributed by atoms with Crippen molar-refractivity contribution < 1.29 is 4.92 Å². The van der Waals surface area contributed by atoms with Gasteiger partial charge in [0, 0.05) is 32.2 Å². The van der Waals surface area contributed by atoms with E-state index in [2.05, 4.69) is 27.4 Å². The Bertz CT molecular complexity index is 386. The molecule has 1 aliphatic heterocycles. The Morgan fingerprint density at radius 3 is 2.59 bits per heavy atom. The van der Waals surface area contributed by atoms with Crippen molar-refractivity contribution in [1.82, 2.24) is 14.9 Å². The number of hydrogen-bond acceptors (Lipinski definition) is 6. The Balaban J connectivity index is 1.92. The fraction of sp³-hybridized carbons (Fsp3) is 0.500. The normalized spacial score (nSPS) is 17.9. The van der Waals surface area contributed by atoms with Crippen molar-refractivity contribution in [3.05, 3.63) is 28.4 Å². The van der Waals surface area contributed by atoms with Crippen LogP contribution in [0.1, 0.15) is 0 Å². The summed E-state index contributed by atoms with van der Waals surface area (Å²) in [6.07, 6.45) is 1.48. The Hall–Kier alpha value is -1.73. The molecule has 2 rings (SSSR count). The first-order valence-electron chi connectivity index (χ1n) is 5.46. The molecule has 0 amide bonds.